The first-order valence-electron chi connectivity index (χ1n) is 8.90. The second kappa shape index (κ2) is 6.22. The summed E-state index contributed by atoms with van der Waals surface area (Å²) in [5.41, 5.74) is 2.63. The van der Waals surface area contributed by atoms with Gasteiger partial charge >= 0.3 is 5.69 Å². The average Bonchev–Trinajstić information content (AvgIpc) is 3.05. The average molecular weight is 367 g/mol. The van der Waals surface area contributed by atoms with Crippen LogP contribution in [0.1, 0.15) is 17.5 Å². The minimum absolute atomic E-state index is 0.258. The number of imidazole rings is 1. The molecule has 0 fully saturated rings. The second-order valence-electron chi connectivity index (χ2n) is 6.99. The van der Waals surface area contributed by atoms with Gasteiger partial charge in [0.05, 0.1) is 6.33 Å². The Labute approximate surface area is 155 Å². The number of rotatable bonds is 2. The number of carbonyl (C=O) groups is 1. The standard InChI is InChI=1S/C19H21N5O3/c1-12-6-4-7-13-8-5-9-23(15(12)13)14(25)10-24-18(26)16-17(20-11-21(16)2)22(3)19(24)27/h4,6-7,11H,5,8-10H2,1-3H3. The molecule has 3 aromatic rings. The largest absolute Gasteiger partial charge is 0.332 e. The fourth-order valence-electron chi connectivity index (χ4n) is 3.85. The number of amides is 1. The number of hydrogen-bond acceptors (Lipinski definition) is 4. The van der Waals surface area contributed by atoms with E-state index in [1.165, 1.54) is 10.9 Å². The van der Waals surface area contributed by atoms with Crippen LogP contribution >= 0.6 is 0 Å². The zero-order valence-corrected chi connectivity index (χ0v) is 15.6. The number of anilines is 1. The van der Waals surface area contributed by atoms with E-state index in [9.17, 15) is 14.4 Å². The van der Waals surface area contributed by atoms with E-state index in [0.717, 1.165) is 34.2 Å². The fraction of sp³-hybridized carbons (Fsp3) is 0.368. The van der Waals surface area contributed by atoms with E-state index < -0.39 is 11.2 Å². The third kappa shape index (κ3) is 2.59. The molecule has 2 aromatic heterocycles. The van der Waals surface area contributed by atoms with E-state index in [0.29, 0.717) is 17.7 Å². The number of fused-ring (bicyclic) bond motifs is 2. The van der Waals surface area contributed by atoms with Crippen molar-refractivity contribution in [3.63, 3.8) is 0 Å². The predicted octanol–water partition coefficient (Wildman–Crippen LogP) is 0.722. The molecule has 0 saturated carbocycles. The van der Waals surface area contributed by atoms with Gasteiger partial charge in [0.2, 0.25) is 5.91 Å². The maximum atomic E-state index is 13.1. The summed E-state index contributed by atoms with van der Waals surface area (Å²) in [6.45, 7) is 2.26. The molecule has 8 nitrogen and oxygen atoms in total. The Balaban J connectivity index is 1.79. The summed E-state index contributed by atoms with van der Waals surface area (Å²) in [5.74, 6) is -0.258. The molecule has 140 valence electrons. The Kier molecular flexibility index (Phi) is 3.98. The van der Waals surface area contributed by atoms with E-state index in [1.807, 2.05) is 25.1 Å². The van der Waals surface area contributed by atoms with Gasteiger partial charge in [-0.15, -0.1) is 0 Å². The minimum atomic E-state index is -0.540. The summed E-state index contributed by atoms with van der Waals surface area (Å²) in [7, 11) is 3.25. The van der Waals surface area contributed by atoms with Gasteiger partial charge in [0.15, 0.2) is 11.2 Å². The zero-order valence-electron chi connectivity index (χ0n) is 15.6. The molecule has 1 aliphatic rings. The third-order valence-electron chi connectivity index (χ3n) is 5.21. The topological polar surface area (TPSA) is 82.1 Å². The Bertz CT molecular complexity index is 1180. The molecular weight excluding hydrogens is 346 g/mol. The first kappa shape index (κ1) is 17.3. The lowest BCUT2D eigenvalue weighted by Gasteiger charge is -2.31. The van der Waals surface area contributed by atoms with Gasteiger partial charge in [-0.25, -0.2) is 14.3 Å². The van der Waals surface area contributed by atoms with Crippen LogP contribution in [-0.2, 0) is 31.9 Å². The van der Waals surface area contributed by atoms with Gasteiger partial charge in [-0.2, -0.15) is 0 Å². The minimum Gasteiger partial charge on any atom is -0.328 e. The summed E-state index contributed by atoms with van der Waals surface area (Å²) < 4.78 is 3.87. The Morgan fingerprint density at radius 2 is 2.00 bits per heavy atom. The number of carbonyl (C=O) groups excluding carboxylic acids is 1. The zero-order chi connectivity index (χ0) is 19.3. The molecule has 0 atom stereocenters. The summed E-state index contributed by atoms with van der Waals surface area (Å²) in [6, 6.07) is 5.98. The van der Waals surface area contributed by atoms with E-state index in [1.54, 1.807) is 23.6 Å². The van der Waals surface area contributed by atoms with Crippen molar-refractivity contribution in [3.8, 4) is 0 Å². The Morgan fingerprint density at radius 1 is 1.22 bits per heavy atom. The molecule has 8 heteroatoms. The maximum Gasteiger partial charge on any atom is 0.332 e. The number of para-hydroxylation sites is 1. The van der Waals surface area contributed by atoms with Crippen LogP contribution in [0.15, 0.2) is 34.1 Å². The van der Waals surface area contributed by atoms with E-state index in [-0.39, 0.29) is 12.5 Å². The summed E-state index contributed by atoms with van der Waals surface area (Å²) >= 11 is 0. The number of aromatic nitrogens is 4. The number of benzene rings is 1. The molecule has 0 spiro atoms. The van der Waals surface area contributed by atoms with Gasteiger partial charge in [-0.1, -0.05) is 18.2 Å². The third-order valence-corrected chi connectivity index (χ3v) is 5.21. The van der Waals surface area contributed by atoms with E-state index >= 15 is 0 Å². The highest BCUT2D eigenvalue weighted by Gasteiger charge is 2.26. The SMILES string of the molecule is Cc1cccc2c1N(C(=O)Cn1c(=O)c3c(ncn3C)n(C)c1=O)CCC2. The normalized spacial score (nSPS) is 13.8. The summed E-state index contributed by atoms with van der Waals surface area (Å²) in [6.07, 6.45) is 3.27. The first-order valence-corrected chi connectivity index (χ1v) is 8.90. The quantitative estimate of drug-likeness (QED) is 0.668. The van der Waals surface area contributed by atoms with Crippen LogP contribution in [0.4, 0.5) is 5.69 Å². The molecule has 27 heavy (non-hydrogen) atoms. The number of aryl methyl sites for hydroxylation is 4. The second-order valence-corrected chi connectivity index (χ2v) is 6.99. The van der Waals surface area contributed by atoms with Crippen molar-refractivity contribution in [1.82, 2.24) is 18.7 Å². The molecule has 0 unspecified atom stereocenters. The lowest BCUT2D eigenvalue weighted by Crippen LogP contribution is -2.46. The van der Waals surface area contributed by atoms with Gasteiger partial charge in [0.25, 0.3) is 5.56 Å². The van der Waals surface area contributed by atoms with Crippen LogP contribution in [0, 0.1) is 6.92 Å². The predicted molar refractivity (Wildman–Crippen MR) is 102 cm³/mol. The lowest BCUT2D eigenvalue weighted by molar-refractivity contribution is -0.119. The molecule has 1 amide bonds. The van der Waals surface area contributed by atoms with Gasteiger partial charge < -0.3 is 9.47 Å². The number of nitrogens with zero attached hydrogens (tertiary/aromatic N) is 5. The van der Waals surface area contributed by atoms with Crippen molar-refractivity contribution in [1.29, 1.82) is 0 Å². The molecule has 0 radical (unpaired) electrons. The van der Waals surface area contributed by atoms with Crippen molar-refractivity contribution in [2.75, 3.05) is 11.4 Å². The van der Waals surface area contributed by atoms with E-state index in [4.69, 9.17) is 0 Å². The molecule has 1 aliphatic heterocycles. The Hall–Kier alpha value is -3.16. The van der Waals surface area contributed by atoms with Crippen LogP contribution < -0.4 is 16.1 Å². The van der Waals surface area contributed by atoms with Crippen LogP contribution in [0.5, 0.6) is 0 Å². The lowest BCUT2D eigenvalue weighted by atomic mass is 9.98. The van der Waals surface area contributed by atoms with Crippen LogP contribution in [0.3, 0.4) is 0 Å². The van der Waals surface area contributed by atoms with Gasteiger partial charge in [-0.3, -0.25) is 14.2 Å². The van der Waals surface area contributed by atoms with E-state index in [2.05, 4.69) is 4.98 Å². The highest BCUT2D eigenvalue weighted by Crippen LogP contribution is 2.30. The van der Waals surface area contributed by atoms with Crippen LogP contribution in [0.2, 0.25) is 0 Å². The van der Waals surface area contributed by atoms with Gasteiger partial charge in [-0.05, 0) is 30.9 Å². The van der Waals surface area contributed by atoms with Gasteiger partial charge in [0.1, 0.15) is 6.54 Å². The fourth-order valence-corrected chi connectivity index (χ4v) is 3.85. The molecular formula is C19H21N5O3. The van der Waals surface area contributed by atoms with Crippen molar-refractivity contribution in [3.05, 3.63) is 56.5 Å². The molecule has 0 N–H and O–H groups in total. The number of hydrogen-bond donors (Lipinski definition) is 0. The summed E-state index contributed by atoms with van der Waals surface area (Å²) in [5, 5.41) is 0. The monoisotopic (exact) mass is 367 g/mol. The Morgan fingerprint density at radius 3 is 2.78 bits per heavy atom. The molecule has 0 bridgehead atoms. The van der Waals surface area contributed by atoms with Crippen molar-refractivity contribution in [2.24, 2.45) is 14.1 Å². The van der Waals surface area contributed by atoms with Crippen molar-refractivity contribution in [2.45, 2.75) is 26.3 Å². The van der Waals surface area contributed by atoms with Crippen molar-refractivity contribution >= 4 is 22.8 Å². The molecule has 0 aliphatic carbocycles. The molecule has 1 aromatic carbocycles. The van der Waals surface area contributed by atoms with Crippen LogP contribution in [-0.4, -0.2) is 31.1 Å². The smallest absolute Gasteiger partial charge is 0.328 e. The molecule has 4 rings (SSSR count). The molecule has 0 saturated heterocycles. The van der Waals surface area contributed by atoms with Crippen LogP contribution in [0.25, 0.3) is 11.2 Å². The maximum absolute atomic E-state index is 13.1. The summed E-state index contributed by atoms with van der Waals surface area (Å²) in [4.78, 5) is 44.3. The first-order chi connectivity index (χ1) is 12.9. The highest BCUT2D eigenvalue weighted by molar-refractivity contribution is 5.95. The van der Waals surface area contributed by atoms with Crippen molar-refractivity contribution < 1.29 is 4.79 Å². The highest BCUT2D eigenvalue weighted by atomic mass is 16.2. The molecule has 3 heterocycles. The van der Waals surface area contributed by atoms with Gasteiger partial charge in [0, 0.05) is 26.3 Å².